The molecule has 0 heterocycles. The van der Waals surface area contributed by atoms with Crippen molar-refractivity contribution in [3.05, 3.63) is 35.9 Å². The second-order valence-electron chi connectivity index (χ2n) is 4.15. The van der Waals surface area contributed by atoms with Crippen LogP contribution in [0.25, 0.3) is 0 Å². The zero-order valence-electron chi connectivity index (χ0n) is 8.19. The highest BCUT2D eigenvalue weighted by atomic mass is 16.3. The molecular formula is C12H16O2. The first-order valence-electron chi connectivity index (χ1n) is 5.17. The Morgan fingerprint density at radius 1 is 1.21 bits per heavy atom. The van der Waals surface area contributed by atoms with Gasteiger partial charge in [-0.25, -0.2) is 0 Å². The van der Waals surface area contributed by atoms with Crippen LogP contribution in [0.3, 0.4) is 0 Å². The molecule has 2 heteroatoms. The van der Waals surface area contributed by atoms with Crippen molar-refractivity contribution >= 4 is 0 Å². The van der Waals surface area contributed by atoms with Gasteiger partial charge in [-0.3, -0.25) is 0 Å². The Bertz CT molecular complexity index is 296. The first-order valence-corrected chi connectivity index (χ1v) is 5.17. The molecule has 0 bridgehead atoms. The molecule has 2 atom stereocenters. The van der Waals surface area contributed by atoms with E-state index in [0.717, 1.165) is 24.8 Å². The van der Waals surface area contributed by atoms with Crippen LogP contribution in [-0.2, 0) is 5.60 Å². The molecule has 0 radical (unpaired) electrons. The minimum Gasteiger partial charge on any atom is -0.393 e. The number of hydrogen-bond donors (Lipinski definition) is 2. The summed E-state index contributed by atoms with van der Waals surface area (Å²) in [6.45, 7) is 0. The second kappa shape index (κ2) is 3.71. The molecule has 2 nitrogen and oxygen atoms in total. The molecule has 2 N–H and O–H groups in total. The largest absolute Gasteiger partial charge is 0.393 e. The fourth-order valence-electron chi connectivity index (χ4n) is 2.23. The summed E-state index contributed by atoms with van der Waals surface area (Å²) >= 11 is 0. The molecule has 0 saturated heterocycles. The summed E-state index contributed by atoms with van der Waals surface area (Å²) < 4.78 is 0. The fraction of sp³-hybridized carbons (Fsp3) is 0.500. The molecule has 2 rings (SSSR count). The predicted molar refractivity (Wildman–Crippen MR) is 54.8 cm³/mol. The maximum absolute atomic E-state index is 10.4. The quantitative estimate of drug-likeness (QED) is 0.712. The van der Waals surface area contributed by atoms with E-state index in [1.165, 1.54) is 0 Å². The van der Waals surface area contributed by atoms with E-state index in [1.807, 2.05) is 30.3 Å². The molecule has 0 amide bonds. The highest BCUT2D eigenvalue weighted by molar-refractivity contribution is 5.22. The van der Waals surface area contributed by atoms with Crippen LogP contribution in [-0.4, -0.2) is 16.3 Å². The van der Waals surface area contributed by atoms with Crippen LogP contribution in [0.2, 0.25) is 0 Å². The first-order chi connectivity index (χ1) is 6.71. The summed E-state index contributed by atoms with van der Waals surface area (Å²) in [4.78, 5) is 0. The van der Waals surface area contributed by atoms with Gasteiger partial charge in [0.2, 0.25) is 0 Å². The lowest BCUT2D eigenvalue weighted by Crippen LogP contribution is -2.34. The standard InChI is InChI=1S/C12H16O2/c13-11-7-4-8-12(14,9-11)10-5-2-1-3-6-10/h1-3,5-6,11,13-14H,4,7-9H2. The molecule has 1 aliphatic rings. The molecule has 1 saturated carbocycles. The normalized spacial score (nSPS) is 32.9. The average Bonchev–Trinajstić information content (AvgIpc) is 2.19. The molecule has 2 unspecified atom stereocenters. The molecule has 0 aliphatic heterocycles. The van der Waals surface area contributed by atoms with Gasteiger partial charge in [-0.15, -0.1) is 0 Å². The smallest absolute Gasteiger partial charge is 0.0921 e. The molecule has 1 aromatic rings. The topological polar surface area (TPSA) is 40.5 Å². The third kappa shape index (κ3) is 1.81. The van der Waals surface area contributed by atoms with Gasteiger partial charge in [0.15, 0.2) is 0 Å². The SMILES string of the molecule is OC1CCCC(O)(c2ccccc2)C1. The van der Waals surface area contributed by atoms with Crippen LogP contribution in [0.4, 0.5) is 0 Å². The van der Waals surface area contributed by atoms with E-state index in [9.17, 15) is 10.2 Å². The Kier molecular flexibility index (Phi) is 2.57. The number of rotatable bonds is 1. The lowest BCUT2D eigenvalue weighted by molar-refractivity contribution is -0.0498. The lowest BCUT2D eigenvalue weighted by atomic mass is 9.78. The van der Waals surface area contributed by atoms with Gasteiger partial charge in [0.05, 0.1) is 11.7 Å². The van der Waals surface area contributed by atoms with Crippen LogP contribution < -0.4 is 0 Å². The van der Waals surface area contributed by atoms with Gasteiger partial charge in [-0.2, -0.15) is 0 Å². The van der Waals surface area contributed by atoms with Crippen molar-refractivity contribution in [2.24, 2.45) is 0 Å². The maximum Gasteiger partial charge on any atom is 0.0921 e. The van der Waals surface area contributed by atoms with Crippen molar-refractivity contribution in [1.29, 1.82) is 0 Å². The monoisotopic (exact) mass is 192 g/mol. The second-order valence-corrected chi connectivity index (χ2v) is 4.15. The summed E-state index contributed by atoms with van der Waals surface area (Å²) in [7, 11) is 0. The number of aliphatic hydroxyl groups is 2. The average molecular weight is 192 g/mol. The number of benzene rings is 1. The van der Waals surface area contributed by atoms with Crippen molar-refractivity contribution < 1.29 is 10.2 Å². The van der Waals surface area contributed by atoms with Crippen LogP contribution in [0, 0.1) is 0 Å². The minimum atomic E-state index is -0.807. The Morgan fingerprint density at radius 2 is 1.93 bits per heavy atom. The number of aliphatic hydroxyl groups excluding tert-OH is 1. The van der Waals surface area contributed by atoms with Gasteiger partial charge >= 0.3 is 0 Å². The van der Waals surface area contributed by atoms with Crippen LogP contribution in [0.5, 0.6) is 0 Å². The van der Waals surface area contributed by atoms with E-state index >= 15 is 0 Å². The highest BCUT2D eigenvalue weighted by Gasteiger charge is 2.34. The van der Waals surface area contributed by atoms with Crippen molar-refractivity contribution in [3.63, 3.8) is 0 Å². The third-order valence-corrected chi connectivity index (χ3v) is 3.01. The highest BCUT2D eigenvalue weighted by Crippen LogP contribution is 2.36. The third-order valence-electron chi connectivity index (χ3n) is 3.01. The molecule has 76 valence electrons. The Labute approximate surface area is 84.2 Å². The zero-order chi connectivity index (χ0) is 10.0. The summed E-state index contributed by atoms with van der Waals surface area (Å²) in [6, 6.07) is 9.64. The summed E-state index contributed by atoms with van der Waals surface area (Å²) in [5, 5.41) is 19.9. The Balaban J connectivity index is 2.23. The van der Waals surface area contributed by atoms with E-state index < -0.39 is 5.60 Å². The zero-order valence-corrected chi connectivity index (χ0v) is 8.19. The number of hydrogen-bond acceptors (Lipinski definition) is 2. The molecule has 14 heavy (non-hydrogen) atoms. The summed E-state index contributed by atoms with van der Waals surface area (Å²) in [5.41, 5.74) is 0.123. The minimum absolute atomic E-state index is 0.353. The molecule has 1 aliphatic carbocycles. The van der Waals surface area contributed by atoms with Gasteiger partial charge in [0.25, 0.3) is 0 Å². The van der Waals surface area contributed by atoms with Crippen LogP contribution in [0.1, 0.15) is 31.2 Å². The molecule has 1 fully saturated rings. The van der Waals surface area contributed by atoms with Gasteiger partial charge in [0.1, 0.15) is 0 Å². The summed E-state index contributed by atoms with van der Waals surface area (Å²) in [5.74, 6) is 0. The van der Waals surface area contributed by atoms with Crippen molar-refractivity contribution in [2.45, 2.75) is 37.4 Å². The predicted octanol–water partition coefficient (Wildman–Crippen LogP) is 1.81. The van der Waals surface area contributed by atoms with E-state index in [2.05, 4.69) is 0 Å². The van der Waals surface area contributed by atoms with E-state index in [-0.39, 0.29) is 6.10 Å². The van der Waals surface area contributed by atoms with Crippen LogP contribution in [0.15, 0.2) is 30.3 Å². The van der Waals surface area contributed by atoms with E-state index in [1.54, 1.807) is 0 Å². The Hall–Kier alpha value is -0.860. The van der Waals surface area contributed by atoms with Gasteiger partial charge in [0, 0.05) is 6.42 Å². The van der Waals surface area contributed by atoms with Crippen molar-refractivity contribution in [3.8, 4) is 0 Å². The van der Waals surface area contributed by atoms with E-state index in [4.69, 9.17) is 0 Å². The molecule has 0 spiro atoms. The molecule has 0 aromatic heterocycles. The molecular weight excluding hydrogens is 176 g/mol. The van der Waals surface area contributed by atoms with Crippen LogP contribution >= 0.6 is 0 Å². The van der Waals surface area contributed by atoms with Gasteiger partial charge in [-0.05, 0) is 24.8 Å². The van der Waals surface area contributed by atoms with Crippen molar-refractivity contribution in [2.75, 3.05) is 0 Å². The maximum atomic E-state index is 10.4. The van der Waals surface area contributed by atoms with Gasteiger partial charge in [-0.1, -0.05) is 30.3 Å². The fourth-order valence-corrected chi connectivity index (χ4v) is 2.23. The molecule has 1 aromatic carbocycles. The van der Waals surface area contributed by atoms with E-state index in [0.29, 0.717) is 6.42 Å². The summed E-state index contributed by atoms with van der Waals surface area (Å²) in [6.07, 6.45) is 2.58. The first kappa shape index (κ1) is 9.69. The Morgan fingerprint density at radius 3 is 2.57 bits per heavy atom. The lowest BCUT2D eigenvalue weighted by Gasteiger charge is -2.35. The van der Waals surface area contributed by atoms with Crippen molar-refractivity contribution in [1.82, 2.24) is 0 Å². The van der Waals surface area contributed by atoms with Gasteiger partial charge < -0.3 is 10.2 Å².